The summed E-state index contributed by atoms with van der Waals surface area (Å²) in [7, 11) is 0. The Morgan fingerprint density at radius 2 is 0.966 bits per heavy atom. The number of thiophene rings is 1. The van der Waals surface area contributed by atoms with E-state index < -0.39 is 0 Å². The summed E-state index contributed by atoms with van der Waals surface area (Å²) >= 11 is 1.86. The fourth-order valence-corrected chi connectivity index (χ4v) is 9.72. The minimum absolute atomic E-state index is 0.639. The quantitative estimate of drug-likeness (QED) is 0.169. The maximum absolute atomic E-state index is 4.99. The number of nitrogens with zero attached hydrogens (tertiary/aromatic N) is 5. The van der Waals surface area contributed by atoms with Gasteiger partial charge in [0.2, 0.25) is 0 Å². The van der Waals surface area contributed by atoms with Crippen molar-refractivity contribution in [1.29, 1.82) is 0 Å². The van der Waals surface area contributed by atoms with E-state index in [1.165, 1.54) is 52.9 Å². The van der Waals surface area contributed by atoms with E-state index in [4.69, 9.17) is 15.0 Å². The van der Waals surface area contributed by atoms with Crippen molar-refractivity contribution < 1.29 is 0 Å². The van der Waals surface area contributed by atoms with Crippen LogP contribution < -0.4 is 0 Å². The highest BCUT2D eigenvalue weighted by molar-refractivity contribution is 7.25. The monoisotopic (exact) mass is 771 g/mol. The van der Waals surface area contributed by atoms with Gasteiger partial charge < -0.3 is 9.13 Å². The van der Waals surface area contributed by atoms with Gasteiger partial charge in [-0.1, -0.05) is 133 Å². The van der Waals surface area contributed by atoms with Crippen molar-refractivity contribution in [1.82, 2.24) is 24.1 Å². The van der Waals surface area contributed by atoms with Gasteiger partial charge in [0.05, 0.1) is 16.6 Å². The van der Waals surface area contributed by atoms with E-state index in [1.54, 1.807) is 0 Å². The lowest BCUT2D eigenvalue weighted by Crippen LogP contribution is -2.00. The predicted molar refractivity (Wildman–Crippen MR) is 246 cm³/mol. The molecule has 4 aromatic heterocycles. The van der Waals surface area contributed by atoms with Crippen LogP contribution in [0.3, 0.4) is 0 Å². The second kappa shape index (κ2) is 13.5. The summed E-state index contributed by atoms with van der Waals surface area (Å²) in [6.07, 6.45) is 2.20. The molecule has 6 heteroatoms. The van der Waals surface area contributed by atoms with E-state index in [0.717, 1.165) is 39.2 Å². The van der Waals surface area contributed by atoms with Crippen molar-refractivity contribution in [3.05, 3.63) is 200 Å². The molecule has 0 aliphatic carbocycles. The van der Waals surface area contributed by atoms with Gasteiger partial charge in [-0.05, 0) is 71.8 Å². The fourth-order valence-electron chi connectivity index (χ4n) is 8.60. The standard InChI is InChI=1S/C53H33N5S/c1-4-13-35(14-5-1)51-54-52(36-15-6-2-7-16-36)56-53(55-51)38-18-12-17-37(31-38)34-23-25-40(26-24-34)58-47-33-49-45(41-21-10-11-22-48(41)59-49)32-44(47)42-27-28-46-43(50(42)58)29-30-57(46)39-19-8-3-9-20-39/h1-33H. The summed E-state index contributed by atoms with van der Waals surface area (Å²) in [5.41, 5.74) is 10.9. The van der Waals surface area contributed by atoms with Gasteiger partial charge in [0.25, 0.3) is 0 Å². The van der Waals surface area contributed by atoms with Crippen molar-refractivity contribution in [3.8, 4) is 56.7 Å². The van der Waals surface area contributed by atoms with Crippen LogP contribution in [0.4, 0.5) is 0 Å². The van der Waals surface area contributed by atoms with Crippen molar-refractivity contribution in [2.24, 2.45) is 0 Å². The van der Waals surface area contributed by atoms with Crippen LogP contribution in [0.1, 0.15) is 0 Å². The zero-order chi connectivity index (χ0) is 38.9. The van der Waals surface area contributed by atoms with Crippen LogP contribution in [0.15, 0.2) is 200 Å². The normalized spacial score (nSPS) is 11.7. The molecular weight excluding hydrogens is 739 g/mol. The summed E-state index contributed by atoms with van der Waals surface area (Å²) in [6, 6.07) is 68.7. The molecule has 12 rings (SSSR count). The maximum Gasteiger partial charge on any atom is 0.164 e. The maximum atomic E-state index is 4.99. The summed E-state index contributed by atoms with van der Waals surface area (Å²) in [6.45, 7) is 0. The van der Waals surface area contributed by atoms with E-state index in [9.17, 15) is 0 Å². The van der Waals surface area contributed by atoms with Crippen LogP contribution in [0.5, 0.6) is 0 Å². The lowest BCUT2D eigenvalue weighted by Gasteiger charge is -2.12. The molecule has 0 saturated heterocycles. The van der Waals surface area contributed by atoms with Crippen LogP contribution in [-0.4, -0.2) is 24.1 Å². The molecule has 4 heterocycles. The zero-order valence-corrected chi connectivity index (χ0v) is 32.5. The van der Waals surface area contributed by atoms with Gasteiger partial charge in [-0.2, -0.15) is 0 Å². The molecule has 59 heavy (non-hydrogen) atoms. The highest BCUT2D eigenvalue weighted by Crippen LogP contribution is 2.43. The number of para-hydroxylation sites is 1. The Labute approximate surface area is 343 Å². The van der Waals surface area contributed by atoms with Crippen LogP contribution in [0.25, 0.3) is 110 Å². The third-order valence-electron chi connectivity index (χ3n) is 11.4. The van der Waals surface area contributed by atoms with Gasteiger partial charge in [-0.25, -0.2) is 15.0 Å². The molecule has 0 spiro atoms. The lowest BCUT2D eigenvalue weighted by atomic mass is 10.0. The summed E-state index contributed by atoms with van der Waals surface area (Å²) in [5, 5.41) is 6.33. The van der Waals surface area contributed by atoms with Gasteiger partial charge >= 0.3 is 0 Å². The molecule has 0 radical (unpaired) electrons. The van der Waals surface area contributed by atoms with E-state index >= 15 is 0 Å². The van der Waals surface area contributed by atoms with E-state index in [2.05, 4.69) is 149 Å². The first-order valence-electron chi connectivity index (χ1n) is 19.8. The van der Waals surface area contributed by atoms with E-state index in [-0.39, 0.29) is 0 Å². The number of rotatable bonds is 6. The molecule has 0 aliphatic rings. The topological polar surface area (TPSA) is 48.5 Å². The van der Waals surface area contributed by atoms with Crippen molar-refractivity contribution in [2.75, 3.05) is 0 Å². The Bertz CT molecular complexity index is 3470. The van der Waals surface area contributed by atoms with Crippen molar-refractivity contribution in [3.63, 3.8) is 0 Å². The number of hydrogen-bond donors (Lipinski definition) is 0. The average Bonchev–Trinajstić information content (AvgIpc) is 4.01. The molecule has 0 amide bonds. The number of aromatic nitrogens is 5. The number of fused-ring (bicyclic) bond motifs is 8. The Morgan fingerprint density at radius 3 is 1.69 bits per heavy atom. The molecule has 276 valence electrons. The third-order valence-corrected chi connectivity index (χ3v) is 12.5. The lowest BCUT2D eigenvalue weighted by molar-refractivity contribution is 1.07. The van der Waals surface area contributed by atoms with E-state index in [0.29, 0.717) is 17.5 Å². The van der Waals surface area contributed by atoms with Gasteiger partial charge in [0, 0.05) is 70.6 Å². The summed E-state index contributed by atoms with van der Waals surface area (Å²) in [5.74, 6) is 1.94. The smallest absolute Gasteiger partial charge is 0.164 e. The minimum Gasteiger partial charge on any atom is -0.316 e. The largest absolute Gasteiger partial charge is 0.316 e. The van der Waals surface area contributed by atoms with Crippen molar-refractivity contribution >= 4 is 64.2 Å². The second-order valence-corrected chi connectivity index (χ2v) is 16.0. The predicted octanol–water partition coefficient (Wildman–Crippen LogP) is 13.9. The fraction of sp³-hybridized carbons (Fsp3) is 0. The minimum atomic E-state index is 0.639. The Hall–Kier alpha value is -7.67. The van der Waals surface area contributed by atoms with Crippen LogP contribution in [-0.2, 0) is 0 Å². The molecule has 0 unspecified atom stereocenters. The summed E-state index contributed by atoms with van der Waals surface area (Å²) < 4.78 is 7.35. The Morgan fingerprint density at radius 1 is 0.339 bits per heavy atom. The van der Waals surface area contributed by atoms with Crippen LogP contribution >= 0.6 is 11.3 Å². The Balaban J connectivity index is 1.01. The SMILES string of the molecule is c1ccc(-c2nc(-c3ccccc3)nc(-c3cccc(-c4ccc(-n5c6cc7sc8ccccc8c7cc6c6ccc7c(ccn7-c7ccccc7)c65)cc4)c3)n2)cc1. The molecule has 5 nitrogen and oxygen atoms in total. The first-order valence-corrected chi connectivity index (χ1v) is 20.6. The molecule has 12 aromatic rings. The van der Waals surface area contributed by atoms with Gasteiger partial charge in [-0.15, -0.1) is 11.3 Å². The van der Waals surface area contributed by atoms with Crippen LogP contribution in [0.2, 0.25) is 0 Å². The number of benzene rings is 8. The van der Waals surface area contributed by atoms with Crippen molar-refractivity contribution in [2.45, 2.75) is 0 Å². The molecule has 0 N–H and O–H groups in total. The molecular formula is C53H33N5S. The number of hydrogen-bond acceptors (Lipinski definition) is 4. The molecule has 0 aliphatic heterocycles. The summed E-state index contributed by atoms with van der Waals surface area (Å²) in [4.78, 5) is 14.9. The average molecular weight is 772 g/mol. The Kier molecular flexibility index (Phi) is 7.64. The van der Waals surface area contributed by atoms with E-state index in [1.807, 2.05) is 72.0 Å². The first kappa shape index (κ1) is 33.5. The second-order valence-electron chi connectivity index (χ2n) is 14.9. The first-order chi connectivity index (χ1) is 29.2. The van der Waals surface area contributed by atoms with Gasteiger partial charge in [-0.3, -0.25) is 0 Å². The molecule has 0 atom stereocenters. The zero-order valence-electron chi connectivity index (χ0n) is 31.7. The van der Waals surface area contributed by atoms with Gasteiger partial charge in [0.15, 0.2) is 17.5 Å². The van der Waals surface area contributed by atoms with Gasteiger partial charge in [0.1, 0.15) is 0 Å². The van der Waals surface area contributed by atoms with Crippen LogP contribution in [0, 0.1) is 0 Å². The highest BCUT2D eigenvalue weighted by atomic mass is 32.1. The molecule has 0 saturated carbocycles. The molecule has 8 aromatic carbocycles. The molecule has 0 bridgehead atoms. The third kappa shape index (κ3) is 5.57. The molecule has 0 fully saturated rings. The highest BCUT2D eigenvalue weighted by Gasteiger charge is 2.20.